The van der Waals surface area contributed by atoms with Gasteiger partial charge in [0.25, 0.3) is 0 Å². The molecule has 0 saturated heterocycles. The summed E-state index contributed by atoms with van der Waals surface area (Å²) in [7, 11) is 0. The molecule has 6 nitrogen and oxygen atoms in total. The van der Waals surface area contributed by atoms with Crippen LogP contribution in [-0.2, 0) is 4.79 Å². The van der Waals surface area contributed by atoms with Crippen LogP contribution in [0.1, 0.15) is 5.56 Å². The van der Waals surface area contributed by atoms with Gasteiger partial charge in [-0.15, -0.1) is 0 Å². The third kappa shape index (κ3) is 4.61. The molecule has 0 unspecified atom stereocenters. The zero-order valence-corrected chi connectivity index (χ0v) is 18.0. The number of carbonyl (C=O) groups excluding carboxylic acids is 1. The molecule has 156 valence electrons. The minimum Gasteiger partial charge on any atom is -0.460 e. The SMILES string of the molecule is N#C/C(=C\c1ccccc1)C(=O)Oc1ccc2c(=O)c(Oc3ccccc3Br)coc2c1. The summed E-state index contributed by atoms with van der Waals surface area (Å²) < 4.78 is 17.2. The maximum absolute atomic E-state index is 12.8. The first-order valence-corrected chi connectivity index (χ1v) is 10.2. The highest BCUT2D eigenvalue weighted by molar-refractivity contribution is 9.10. The van der Waals surface area contributed by atoms with E-state index in [1.807, 2.05) is 18.2 Å². The van der Waals surface area contributed by atoms with Crippen molar-refractivity contribution >= 4 is 38.9 Å². The van der Waals surface area contributed by atoms with Gasteiger partial charge in [0.1, 0.15) is 35.0 Å². The number of hydrogen-bond acceptors (Lipinski definition) is 6. The highest BCUT2D eigenvalue weighted by Gasteiger charge is 2.15. The average Bonchev–Trinajstić information content (AvgIpc) is 2.81. The Hall–Kier alpha value is -4.15. The van der Waals surface area contributed by atoms with Gasteiger partial charge in [-0.25, -0.2) is 4.79 Å². The van der Waals surface area contributed by atoms with E-state index in [0.29, 0.717) is 15.8 Å². The first-order chi connectivity index (χ1) is 15.5. The molecular weight excluding hydrogens is 474 g/mol. The van der Waals surface area contributed by atoms with E-state index in [1.54, 1.807) is 42.5 Å². The summed E-state index contributed by atoms with van der Waals surface area (Å²) in [4.78, 5) is 25.2. The van der Waals surface area contributed by atoms with Gasteiger partial charge in [-0.3, -0.25) is 4.79 Å². The Morgan fingerprint density at radius 1 is 1.00 bits per heavy atom. The van der Waals surface area contributed by atoms with Crippen LogP contribution in [0.5, 0.6) is 17.2 Å². The number of halogens is 1. The zero-order valence-electron chi connectivity index (χ0n) is 16.4. The number of esters is 1. The van der Waals surface area contributed by atoms with Crippen molar-refractivity contribution in [3.63, 3.8) is 0 Å². The molecule has 32 heavy (non-hydrogen) atoms. The molecule has 0 radical (unpaired) electrons. The Bertz CT molecular complexity index is 1430. The van der Waals surface area contributed by atoms with Crippen LogP contribution in [0.25, 0.3) is 17.0 Å². The lowest BCUT2D eigenvalue weighted by molar-refractivity contribution is -0.129. The molecule has 0 N–H and O–H groups in total. The van der Waals surface area contributed by atoms with E-state index in [1.165, 1.54) is 30.5 Å². The highest BCUT2D eigenvalue weighted by atomic mass is 79.9. The van der Waals surface area contributed by atoms with Gasteiger partial charge < -0.3 is 13.9 Å². The van der Waals surface area contributed by atoms with Crippen molar-refractivity contribution in [2.75, 3.05) is 0 Å². The number of carbonyl (C=O) groups is 1. The van der Waals surface area contributed by atoms with Gasteiger partial charge in [0.15, 0.2) is 0 Å². The van der Waals surface area contributed by atoms with Crippen LogP contribution in [-0.4, -0.2) is 5.97 Å². The lowest BCUT2D eigenvalue weighted by Gasteiger charge is -2.08. The fourth-order valence-corrected chi connectivity index (χ4v) is 3.25. The molecule has 0 spiro atoms. The third-order valence-corrected chi connectivity index (χ3v) is 5.09. The summed E-state index contributed by atoms with van der Waals surface area (Å²) in [6.45, 7) is 0. The maximum Gasteiger partial charge on any atom is 0.354 e. The smallest absolute Gasteiger partial charge is 0.354 e. The first-order valence-electron chi connectivity index (χ1n) is 9.42. The number of nitriles is 1. The van der Waals surface area contributed by atoms with Crippen LogP contribution in [0.3, 0.4) is 0 Å². The van der Waals surface area contributed by atoms with Crippen LogP contribution in [0.4, 0.5) is 0 Å². The molecule has 1 heterocycles. The second-order valence-electron chi connectivity index (χ2n) is 6.59. The molecule has 0 aliphatic rings. The molecule has 0 amide bonds. The second-order valence-corrected chi connectivity index (χ2v) is 7.44. The molecule has 1 aromatic heterocycles. The summed E-state index contributed by atoms with van der Waals surface area (Å²) in [6, 6.07) is 22.3. The van der Waals surface area contributed by atoms with Crippen LogP contribution >= 0.6 is 15.9 Å². The van der Waals surface area contributed by atoms with Gasteiger partial charge in [-0.05, 0) is 51.8 Å². The number of rotatable bonds is 5. The average molecular weight is 488 g/mol. The lowest BCUT2D eigenvalue weighted by Crippen LogP contribution is -2.10. The quantitative estimate of drug-likeness (QED) is 0.151. The molecule has 0 aliphatic heterocycles. The van der Waals surface area contributed by atoms with Crippen LogP contribution < -0.4 is 14.9 Å². The van der Waals surface area contributed by atoms with E-state index >= 15 is 0 Å². The standard InChI is InChI=1S/C25H14BrNO5/c26-20-8-4-5-9-21(20)32-23-15-30-22-13-18(10-11-19(22)24(23)28)31-25(29)17(14-27)12-16-6-2-1-3-7-16/h1-13,15H/b17-12+. The van der Waals surface area contributed by atoms with Crippen molar-refractivity contribution in [3.8, 4) is 23.3 Å². The fourth-order valence-electron chi connectivity index (χ4n) is 2.89. The molecule has 4 aromatic rings. The molecule has 4 rings (SSSR count). The van der Waals surface area contributed by atoms with E-state index < -0.39 is 5.97 Å². The molecule has 7 heteroatoms. The molecule has 3 aromatic carbocycles. The van der Waals surface area contributed by atoms with Crippen molar-refractivity contribution in [1.29, 1.82) is 5.26 Å². The minimum atomic E-state index is -0.813. The van der Waals surface area contributed by atoms with Crippen molar-refractivity contribution in [2.24, 2.45) is 0 Å². The van der Waals surface area contributed by atoms with Crippen LogP contribution in [0, 0.1) is 11.3 Å². The number of fused-ring (bicyclic) bond motifs is 1. The fraction of sp³-hybridized carbons (Fsp3) is 0. The van der Waals surface area contributed by atoms with Crippen molar-refractivity contribution in [2.45, 2.75) is 0 Å². The molecule has 0 saturated carbocycles. The van der Waals surface area contributed by atoms with Gasteiger partial charge in [0, 0.05) is 6.07 Å². The van der Waals surface area contributed by atoms with E-state index in [9.17, 15) is 14.9 Å². The van der Waals surface area contributed by atoms with Crippen molar-refractivity contribution in [3.05, 3.63) is 105 Å². The Morgan fingerprint density at radius 3 is 2.50 bits per heavy atom. The molecule has 0 aliphatic carbocycles. The second kappa shape index (κ2) is 9.33. The topological polar surface area (TPSA) is 89.5 Å². The Kier molecular flexibility index (Phi) is 6.15. The van der Waals surface area contributed by atoms with E-state index in [0.717, 1.165) is 0 Å². The third-order valence-electron chi connectivity index (χ3n) is 4.43. The van der Waals surface area contributed by atoms with Crippen molar-refractivity contribution in [1.82, 2.24) is 0 Å². The summed E-state index contributed by atoms with van der Waals surface area (Å²) >= 11 is 3.37. The number of para-hydroxylation sites is 1. The van der Waals surface area contributed by atoms with E-state index in [2.05, 4.69) is 15.9 Å². The van der Waals surface area contributed by atoms with Gasteiger partial charge in [-0.2, -0.15) is 5.26 Å². The van der Waals surface area contributed by atoms with Crippen LogP contribution in [0.2, 0.25) is 0 Å². The number of ether oxygens (including phenoxy) is 2. The normalized spacial score (nSPS) is 11.1. The van der Waals surface area contributed by atoms with Gasteiger partial charge in [0.05, 0.1) is 9.86 Å². The minimum absolute atomic E-state index is 0.0201. The monoisotopic (exact) mass is 487 g/mol. The Balaban J connectivity index is 1.58. The predicted octanol–water partition coefficient (Wildman–Crippen LogP) is 5.86. The maximum atomic E-state index is 12.8. The molecular formula is C25H14BrNO5. The lowest BCUT2D eigenvalue weighted by atomic mass is 10.1. The van der Waals surface area contributed by atoms with Crippen molar-refractivity contribution < 1.29 is 18.7 Å². The Morgan fingerprint density at radius 2 is 1.75 bits per heavy atom. The number of nitrogens with zero attached hydrogens (tertiary/aromatic N) is 1. The summed E-state index contributed by atoms with van der Waals surface area (Å²) in [6.07, 6.45) is 2.64. The zero-order chi connectivity index (χ0) is 22.5. The van der Waals surface area contributed by atoms with E-state index in [-0.39, 0.29) is 33.5 Å². The Labute approximate surface area is 191 Å². The summed E-state index contributed by atoms with van der Waals surface area (Å²) in [5.74, 6) is -0.183. The molecule has 0 fully saturated rings. The van der Waals surface area contributed by atoms with Gasteiger partial charge in [-0.1, -0.05) is 42.5 Å². The molecule has 0 bridgehead atoms. The number of benzene rings is 3. The molecule has 0 atom stereocenters. The number of hydrogen-bond donors (Lipinski definition) is 0. The van der Waals surface area contributed by atoms with Gasteiger partial charge >= 0.3 is 5.97 Å². The first kappa shape index (κ1) is 21.1. The van der Waals surface area contributed by atoms with Crippen LogP contribution in [0.15, 0.2) is 98.3 Å². The summed E-state index contributed by atoms with van der Waals surface area (Å²) in [5, 5.41) is 9.58. The summed E-state index contributed by atoms with van der Waals surface area (Å²) in [5.41, 5.74) is 0.380. The highest BCUT2D eigenvalue weighted by Crippen LogP contribution is 2.29. The van der Waals surface area contributed by atoms with E-state index in [4.69, 9.17) is 13.9 Å². The predicted molar refractivity (Wildman–Crippen MR) is 122 cm³/mol. The largest absolute Gasteiger partial charge is 0.460 e. The van der Waals surface area contributed by atoms with Gasteiger partial charge in [0.2, 0.25) is 11.2 Å².